The minimum Gasteiger partial charge on any atom is -0.392 e. The number of benzene rings is 1. The summed E-state index contributed by atoms with van der Waals surface area (Å²) in [5.74, 6) is -1.07. The van der Waals surface area contributed by atoms with Gasteiger partial charge in [0.15, 0.2) is 0 Å². The predicted molar refractivity (Wildman–Crippen MR) is 66.1 cm³/mol. The molecule has 0 spiro atoms. The van der Waals surface area contributed by atoms with E-state index in [1.807, 2.05) is 0 Å². The quantitative estimate of drug-likeness (QED) is 0.814. The van der Waals surface area contributed by atoms with Gasteiger partial charge < -0.3 is 10.4 Å². The van der Waals surface area contributed by atoms with Crippen molar-refractivity contribution in [2.45, 2.75) is 50.8 Å². The van der Waals surface area contributed by atoms with E-state index in [9.17, 15) is 13.9 Å². The lowest BCUT2D eigenvalue weighted by Gasteiger charge is -2.22. The molecule has 2 nitrogen and oxygen atoms in total. The fraction of sp³-hybridized carbons (Fsp3) is 0.571. The van der Waals surface area contributed by atoms with Gasteiger partial charge in [-0.15, -0.1) is 0 Å². The molecule has 0 bridgehead atoms. The van der Waals surface area contributed by atoms with Crippen LogP contribution in [0.15, 0.2) is 18.2 Å². The minimum absolute atomic E-state index is 0.0500. The van der Waals surface area contributed by atoms with Crippen molar-refractivity contribution in [3.8, 4) is 0 Å². The molecule has 100 valence electrons. The summed E-state index contributed by atoms with van der Waals surface area (Å²) in [6.45, 7) is 0.125. The third kappa shape index (κ3) is 3.27. The number of rotatable bonds is 3. The highest BCUT2D eigenvalue weighted by Gasteiger charge is 2.21. The lowest BCUT2D eigenvalue weighted by molar-refractivity contribution is 0.119. The third-order valence-corrected chi connectivity index (χ3v) is 3.58. The Morgan fingerprint density at radius 3 is 2.50 bits per heavy atom. The van der Waals surface area contributed by atoms with Crippen molar-refractivity contribution in [2.75, 3.05) is 0 Å². The van der Waals surface area contributed by atoms with Crippen LogP contribution in [0.1, 0.15) is 37.7 Å². The summed E-state index contributed by atoms with van der Waals surface area (Å²) in [5.41, 5.74) is 0.0500. The Morgan fingerprint density at radius 2 is 1.78 bits per heavy atom. The molecule has 2 atom stereocenters. The van der Waals surface area contributed by atoms with Crippen LogP contribution in [0.2, 0.25) is 0 Å². The largest absolute Gasteiger partial charge is 0.392 e. The molecule has 2 rings (SSSR count). The average molecular weight is 255 g/mol. The average Bonchev–Trinajstić information content (AvgIpc) is 2.54. The maximum atomic E-state index is 13.4. The maximum Gasteiger partial charge on any atom is 0.130 e. The van der Waals surface area contributed by atoms with Crippen LogP contribution >= 0.6 is 0 Å². The first-order valence-electron chi connectivity index (χ1n) is 6.53. The van der Waals surface area contributed by atoms with Gasteiger partial charge in [0.25, 0.3) is 0 Å². The van der Waals surface area contributed by atoms with E-state index in [1.54, 1.807) is 0 Å². The SMILES string of the molecule is OC1CCCCCC1NCc1c(F)cccc1F. The molecule has 2 unspecified atom stereocenters. The van der Waals surface area contributed by atoms with Crippen molar-refractivity contribution >= 4 is 0 Å². The summed E-state index contributed by atoms with van der Waals surface area (Å²) in [7, 11) is 0. The molecule has 1 fully saturated rings. The molecule has 0 amide bonds. The lowest BCUT2D eigenvalue weighted by Crippen LogP contribution is -2.38. The van der Waals surface area contributed by atoms with Crippen LogP contribution in [0.25, 0.3) is 0 Å². The fourth-order valence-corrected chi connectivity index (χ4v) is 2.46. The number of nitrogens with one attached hydrogen (secondary N) is 1. The van der Waals surface area contributed by atoms with Gasteiger partial charge in [0.05, 0.1) is 6.10 Å². The van der Waals surface area contributed by atoms with E-state index in [0.29, 0.717) is 0 Å². The van der Waals surface area contributed by atoms with Crippen molar-refractivity contribution < 1.29 is 13.9 Å². The van der Waals surface area contributed by atoms with E-state index in [4.69, 9.17) is 0 Å². The first-order valence-corrected chi connectivity index (χ1v) is 6.53. The summed E-state index contributed by atoms with van der Waals surface area (Å²) in [6.07, 6.45) is 4.39. The zero-order valence-electron chi connectivity index (χ0n) is 10.3. The highest BCUT2D eigenvalue weighted by Crippen LogP contribution is 2.19. The molecule has 2 N–H and O–H groups in total. The van der Waals surface area contributed by atoms with E-state index in [0.717, 1.165) is 32.1 Å². The summed E-state index contributed by atoms with van der Waals surface area (Å²) < 4.78 is 26.9. The van der Waals surface area contributed by atoms with Gasteiger partial charge in [0, 0.05) is 18.2 Å². The number of hydrogen-bond acceptors (Lipinski definition) is 2. The molecule has 1 aromatic carbocycles. The standard InChI is InChI=1S/C14H19F2NO/c15-11-5-4-6-12(16)10(11)9-17-13-7-2-1-3-8-14(13)18/h4-6,13-14,17-18H,1-3,7-9H2. The normalized spacial score (nSPS) is 24.8. The smallest absolute Gasteiger partial charge is 0.130 e. The molecular formula is C14H19F2NO. The Hall–Kier alpha value is -1.00. The molecule has 0 aromatic heterocycles. The van der Waals surface area contributed by atoms with Gasteiger partial charge in [-0.2, -0.15) is 0 Å². The maximum absolute atomic E-state index is 13.4. The summed E-state index contributed by atoms with van der Waals surface area (Å²) in [5, 5.41) is 13.0. The van der Waals surface area contributed by atoms with Gasteiger partial charge in [-0.3, -0.25) is 0 Å². The topological polar surface area (TPSA) is 32.3 Å². The van der Waals surface area contributed by atoms with Crippen molar-refractivity contribution in [2.24, 2.45) is 0 Å². The van der Waals surface area contributed by atoms with Gasteiger partial charge in [-0.05, 0) is 25.0 Å². The van der Waals surface area contributed by atoms with Crippen molar-refractivity contribution in [3.63, 3.8) is 0 Å². The molecule has 0 saturated heterocycles. The predicted octanol–water partition coefficient (Wildman–Crippen LogP) is 2.75. The Bertz CT molecular complexity index is 377. The van der Waals surface area contributed by atoms with Gasteiger partial charge in [0.2, 0.25) is 0 Å². The van der Waals surface area contributed by atoms with E-state index < -0.39 is 17.7 Å². The van der Waals surface area contributed by atoms with Crippen molar-refractivity contribution in [1.82, 2.24) is 5.32 Å². The number of aliphatic hydroxyl groups is 1. The third-order valence-electron chi connectivity index (χ3n) is 3.58. The molecule has 1 saturated carbocycles. The minimum atomic E-state index is -0.536. The Kier molecular flexibility index (Phi) is 4.66. The molecule has 1 aliphatic carbocycles. The van der Waals surface area contributed by atoms with Gasteiger partial charge in [0.1, 0.15) is 11.6 Å². The van der Waals surface area contributed by atoms with Crippen LogP contribution in [0, 0.1) is 11.6 Å². The molecule has 4 heteroatoms. The van der Waals surface area contributed by atoms with Crippen LogP contribution in [-0.2, 0) is 6.54 Å². The Labute approximate surface area is 106 Å². The lowest BCUT2D eigenvalue weighted by atomic mass is 10.1. The van der Waals surface area contributed by atoms with E-state index in [1.165, 1.54) is 18.2 Å². The van der Waals surface area contributed by atoms with Gasteiger partial charge >= 0.3 is 0 Å². The van der Waals surface area contributed by atoms with Crippen LogP contribution in [0.3, 0.4) is 0 Å². The number of halogens is 2. The van der Waals surface area contributed by atoms with Crippen LogP contribution in [0.5, 0.6) is 0 Å². The van der Waals surface area contributed by atoms with Crippen LogP contribution in [-0.4, -0.2) is 17.3 Å². The first-order chi connectivity index (χ1) is 8.68. The Morgan fingerprint density at radius 1 is 1.11 bits per heavy atom. The highest BCUT2D eigenvalue weighted by atomic mass is 19.1. The summed E-state index contributed by atoms with van der Waals surface area (Å²) in [6, 6.07) is 3.80. The van der Waals surface area contributed by atoms with Gasteiger partial charge in [-0.25, -0.2) is 8.78 Å². The van der Waals surface area contributed by atoms with E-state index in [2.05, 4.69) is 5.32 Å². The second-order valence-corrected chi connectivity index (χ2v) is 4.89. The second kappa shape index (κ2) is 6.25. The zero-order valence-corrected chi connectivity index (χ0v) is 10.3. The molecule has 1 aliphatic rings. The van der Waals surface area contributed by atoms with E-state index in [-0.39, 0.29) is 18.2 Å². The second-order valence-electron chi connectivity index (χ2n) is 4.89. The van der Waals surface area contributed by atoms with Crippen molar-refractivity contribution in [3.05, 3.63) is 35.4 Å². The van der Waals surface area contributed by atoms with Crippen molar-refractivity contribution in [1.29, 1.82) is 0 Å². The fourth-order valence-electron chi connectivity index (χ4n) is 2.46. The van der Waals surface area contributed by atoms with Gasteiger partial charge in [-0.1, -0.05) is 25.3 Å². The molecular weight excluding hydrogens is 236 g/mol. The zero-order chi connectivity index (χ0) is 13.0. The number of aliphatic hydroxyl groups excluding tert-OH is 1. The first kappa shape index (κ1) is 13.4. The molecule has 0 aliphatic heterocycles. The highest BCUT2D eigenvalue weighted by molar-refractivity contribution is 5.19. The van der Waals surface area contributed by atoms with Crippen LogP contribution < -0.4 is 5.32 Å². The summed E-state index contributed by atoms with van der Waals surface area (Å²) in [4.78, 5) is 0. The molecule has 0 heterocycles. The Balaban J connectivity index is 1.98. The summed E-state index contributed by atoms with van der Waals surface area (Å²) >= 11 is 0. The number of hydrogen-bond donors (Lipinski definition) is 2. The molecule has 0 radical (unpaired) electrons. The van der Waals surface area contributed by atoms with E-state index >= 15 is 0 Å². The molecule has 1 aromatic rings. The molecule has 18 heavy (non-hydrogen) atoms. The monoisotopic (exact) mass is 255 g/mol. The van der Waals surface area contributed by atoms with Crippen LogP contribution in [0.4, 0.5) is 8.78 Å².